The van der Waals surface area contributed by atoms with Gasteiger partial charge in [0.05, 0.1) is 19.3 Å². The molecule has 1 aromatic rings. The first-order chi connectivity index (χ1) is 13.4. The molecule has 2 aliphatic heterocycles. The van der Waals surface area contributed by atoms with Crippen molar-refractivity contribution >= 4 is 10.2 Å². The maximum atomic E-state index is 12.7. The highest BCUT2D eigenvalue weighted by Gasteiger charge is 2.33. The monoisotopic (exact) mass is 412 g/mol. The number of hydrogen-bond donors (Lipinski definition) is 1. The van der Waals surface area contributed by atoms with Crippen molar-refractivity contribution in [3.8, 4) is 0 Å². The SMILES string of the molecule is CN(Cc1ccccc1)CC(O)CN1CCN(S(=O)(=O)N2CCOCC2)CC1. The number of aliphatic hydroxyl groups excluding tert-OH is 1. The van der Waals surface area contributed by atoms with Gasteiger partial charge in [-0.2, -0.15) is 17.0 Å². The van der Waals surface area contributed by atoms with E-state index in [1.165, 1.54) is 9.87 Å². The molecule has 9 heteroatoms. The minimum atomic E-state index is -3.40. The number of morpholine rings is 1. The van der Waals surface area contributed by atoms with Gasteiger partial charge >= 0.3 is 0 Å². The topological polar surface area (TPSA) is 76.6 Å². The van der Waals surface area contributed by atoms with Crippen molar-refractivity contribution in [2.45, 2.75) is 12.6 Å². The molecular formula is C19H32N4O4S. The molecule has 0 spiro atoms. The number of rotatable bonds is 8. The van der Waals surface area contributed by atoms with Crippen LogP contribution in [0, 0.1) is 0 Å². The third kappa shape index (κ3) is 5.96. The third-order valence-electron chi connectivity index (χ3n) is 5.24. The Labute approximate surface area is 168 Å². The quantitative estimate of drug-likeness (QED) is 0.630. The molecule has 2 fully saturated rings. The molecule has 3 rings (SSSR count). The molecule has 1 atom stereocenters. The minimum Gasteiger partial charge on any atom is -0.390 e. The number of hydrogen-bond acceptors (Lipinski definition) is 6. The maximum absolute atomic E-state index is 12.7. The Morgan fingerprint density at radius 1 is 1.04 bits per heavy atom. The van der Waals surface area contributed by atoms with E-state index in [1.807, 2.05) is 25.2 Å². The van der Waals surface area contributed by atoms with E-state index in [0.29, 0.717) is 65.6 Å². The fourth-order valence-electron chi connectivity index (χ4n) is 3.76. The standard InChI is InChI=1S/C19H32N4O4S/c1-20(15-18-5-3-2-4-6-18)16-19(24)17-21-7-9-22(10-8-21)28(25,26)23-11-13-27-14-12-23/h2-6,19,24H,7-17H2,1H3. The van der Waals surface area contributed by atoms with Gasteiger partial charge in [0.1, 0.15) is 0 Å². The Balaban J connectivity index is 1.41. The van der Waals surface area contributed by atoms with Gasteiger partial charge in [-0.25, -0.2) is 0 Å². The number of benzene rings is 1. The first-order valence-corrected chi connectivity index (χ1v) is 11.3. The number of ether oxygens (including phenoxy) is 1. The summed E-state index contributed by atoms with van der Waals surface area (Å²) in [6, 6.07) is 10.2. The molecule has 1 unspecified atom stereocenters. The summed E-state index contributed by atoms with van der Waals surface area (Å²) in [5, 5.41) is 10.4. The summed E-state index contributed by atoms with van der Waals surface area (Å²) < 4.78 is 33.7. The number of piperazine rings is 1. The largest absolute Gasteiger partial charge is 0.390 e. The fraction of sp³-hybridized carbons (Fsp3) is 0.684. The molecule has 8 nitrogen and oxygen atoms in total. The first-order valence-electron chi connectivity index (χ1n) is 9.91. The minimum absolute atomic E-state index is 0.426. The van der Waals surface area contributed by atoms with Crippen LogP contribution in [0.25, 0.3) is 0 Å². The van der Waals surface area contributed by atoms with E-state index in [4.69, 9.17) is 4.74 Å². The number of nitrogens with zero attached hydrogens (tertiary/aromatic N) is 4. The molecule has 2 saturated heterocycles. The highest BCUT2D eigenvalue weighted by Crippen LogP contribution is 2.14. The van der Waals surface area contributed by atoms with E-state index in [0.717, 1.165) is 6.54 Å². The molecule has 0 amide bonds. The Morgan fingerprint density at radius 3 is 2.29 bits per heavy atom. The van der Waals surface area contributed by atoms with Crippen molar-refractivity contribution in [3.63, 3.8) is 0 Å². The van der Waals surface area contributed by atoms with Crippen LogP contribution in [-0.4, -0.2) is 111 Å². The van der Waals surface area contributed by atoms with E-state index >= 15 is 0 Å². The van der Waals surface area contributed by atoms with Crippen LogP contribution in [0.1, 0.15) is 5.56 Å². The summed E-state index contributed by atoms with van der Waals surface area (Å²) >= 11 is 0. The van der Waals surface area contributed by atoms with Gasteiger partial charge < -0.3 is 9.84 Å². The first kappa shape index (κ1) is 21.6. The van der Waals surface area contributed by atoms with Crippen molar-refractivity contribution in [2.75, 3.05) is 72.6 Å². The van der Waals surface area contributed by atoms with Gasteiger partial charge in [-0.15, -0.1) is 0 Å². The molecule has 2 aliphatic rings. The van der Waals surface area contributed by atoms with E-state index in [-0.39, 0.29) is 0 Å². The summed E-state index contributed by atoms with van der Waals surface area (Å²) in [6.45, 7) is 5.92. The van der Waals surface area contributed by atoms with Crippen LogP contribution < -0.4 is 0 Å². The Hall–Kier alpha value is -1.07. The molecule has 0 radical (unpaired) electrons. The second-order valence-corrected chi connectivity index (χ2v) is 9.48. The zero-order valence-corrected chi connectivity index (χ0v) is 17.4. The highest BCUT2D eigenvalue weighted by atomic mass is 32.2. The summed E-state index contributed by atoms with van der Waals surface area (Å²) in [5.41, 5.74) is 1.22. The maximum Gasteiger partial charge on any atom is 0.282 e. The van der Waals surface area contributed by atoms with Crippen LogP contribution in [-0.2, 0) is 21.5 Å². The molecular weight excluding hydrogens is 380 g/mol. The molecule has 0 bridgehead atoms. The molecule has 2 heterocycles. The van der Waals surface area contributed by atoms with Crippen LogP contribution in [0.4, 0.5) is 0 Å². The van der Waals surface area contributed by atoms with E-state index in [1.54, 1.807) is 4.31 Å². The summed E-state index contributed by atoms with van der Waals surface area (Å²) in [7, 11) is -1.40. The van der Waals surface area contributed by atoms with Crippen LogP contribution in [0.2, 0.25) is 0 Å². The molecule has 0 aromatic heterocycles. The van der Waals surface area contributed by atoms with E-state index in [2.05, 4.69) is 21.9 Å². The fourth-order valence-corrected chi connectivity index (χ4v) is 5.32. The van der Waals surface area contributed by atoms with Crippen LogP contribution in [0.15, 0.2) is 30.3 Å². The van der Waals surface area contributed by atoms with Crippen molar-refractivity contribution in [3.05, 3.63) is 35.9 Å². The number of likely N-dealkylation sites (N-methyl/N-ethyl adjacent to an activating group) is 1. The summed E-state index contributed by atoms with van der Waals surface area (Å²) in [4.78, 5) is 4.26. The normalized spacial score (nSPS) is 21.8. The van der Waals surface area contributed by atoms with Crippen molar-refractivity contribution in [2.24, 2.45) is 0 Å². The Kier molecular flexibility index (Phi) is 7.81. The number of aliphatic hydroxyl groups is 1. The Morgan fingerprint density at radius 2 is 1.64 bits per heavy atom. The lowest BCUT2D eigenvalue weighted by atomic mass is 10.2. The summed E-state index contributed by atoms with van der Waals surface area (Å²) in [6.07, 6.45) is -0.462. The predicted octanol–water partition coefficient (Wildman–Crippen LogP) is -0.326. The van der Waals surface area contributed by atoms with Crippen LogP contribution in [0.5, 0.6) is 0 Å². The van der Waals surface area contributed by atoms with Gasteiger partial charge in [0, 0.05) is 58.9 Å². The molecule has 158 valence electrons. The second-order valence-electron chi connectivity index (χ2n) is 7.56. The predicted molar refractivity (Wildman–Crippen MR) is 108 cm³/mol. The van der Waals surface area contributed by atoms with Gasteiger partial charge in [0.25, 0.3) is 10.2 Å². The lowest BCUT2D eigenvalue weighted by Crippen LogP contribution is -2.56. The molecule has 0 aliphatic carbocycles. The van der Waals surface area contributed by atoms with Gasteiger partial charge in [-0.3, -0.25) is 9.80 Å². The molecule has 0 saturated carbocycles. The van der Waals surface area contributed by atoms with Crippen LogP contribution >= 0.6 is 0 Å². The summed E-state index contributed by atoms with van der Waals surface area (Å²) in [5.74, 6) is 0. The van der Waals surface area contributed by atoms with Gasteiger partial charge in [0.2, 0.25) is 0 Å². The average Bonchev–Trinajstić information content (AvgIpc) is 2.69. The van der Waals surface area contributed by atoms with Gasteiger partial charge in [0.15, 0.2) is 0 Å². The molecule has 1 N–H and O–H groups in total. The number of β-amino-alcohol motifs (C(OH)–C–C–N with tert-alkyl or cyclic N) is 1. The zero-order chi connectivity index (χ0) is 20.0. The third-order valence-corrected chi connectivity index (χ3v) is 7.28. The average molecular weight is 413 g/mol. The smallest absolute Gasteiger partial charge is 0.282 e. The second kappa shape index (κ2) is 10.1. The lowest BCUT2D eigenvalue weighted by Gasteiger charge is -2.38. The zero-order valence-electron chi connectivity index (χ0n) is 16.6. The van der Waals surface area contributed by atoms with Crippen molar-refractivity contribution in [1.29, 1.82) is 0 Å². The molecule has 1 aromatic carbocycles. The van der Waals surface area contributed by atoms with Crippen molar-refractivity contribution in [1.82, 2.24) is 18.4 Å². The van der Waals surface area contributed by atoms with Gasteiger partial charge in [-0.05, 0) is 12.6 Å². The lowest BCUT2D eigenvalue weighted by molar-refractivity contribution is 0.0590. The Bertz CT molecular complexity index is 689. The van der Waals surface area contributed by atoms with E-state index in [9.17, 15) is 13.5 Å². The van der Waals surface area contributed by atoms with Crippen molar-refractivity contribution < 1.29 is 18.3 Å². The van der Waals surface area contributed by atoms with E-state index < -0.39 is 16.3 Å². The van der Waals surface area contributed by atoms with Crippen LogP contribution in [0.3, 0.4) is 0 Å². The van der Waals surface area contributed by atoms with Gasteiger partial charge in [-0.1, -0.05) is 30.3 Å². The molecule has 28 heavy (non-hydrogen) atoms. The highest BCUT2D eigenvalue weighted by molar-refractivity contribution is 7.86.